The summed E-state index contributed by atoms with van der Waals surface area (Å²) in [5.41, 5.74) is 2.74. The molecule has 3 atom stereocenters. The van der Waals surface area contributed by atoms with Gasteiger partial charge in [-0.25, -0.2) is 0 Å². The second-order valence-corrected chi connectivity index (χ2v) is 8.71. The summed E-state index contributed by atoms with van der Waals surface area (Å²) < 4.78 is 13.2. The highest BCUT2D eigenvalue weighted by atomic mass is 16.7. The maximum atomic E-state index is 5.67. The van der Waals surface area contributed by atoms with Crippen molar-refractivity contribution < 1.29 is 9.47 Å². The van der Waals surface area contributed by atoms with Gasteiger partial charge in [-0.1, -0.05) is 6.07 Å². The standard InChI is InChI=1S/C22H28N4O2/c1-2-26-12-15(10-23-26)11-25-13-18(17-3-4-19-20(9-17)28-14-27-19)22-21(25)16-5-7-24(22)8-6-16/h3-4,9-10,12,16,18,21-22H,2,5-8,11,13-14H2,1H3/t18-,21+,22+/m1/s1. The lowest BCUT2D eigenvalue weighted by Crippen LogP contribution is -2.59. The number of rotatable bonds is 4. The molecule has 2 aromatic rings. The summed E-state index contributed by atoms with van der Waals surface area (Å²) in [6, 6.07) is 7.86. The van der Waals surface area contributed by atoms with E-state index in [4.69, 9.17) is 9.47 Å². The highest BCUT2D eigenvalue weighted by Crippen LogP contribution is 2.48. The van der Waals surface area contributed by atoms with Gasteiger partial charge in [0.25, 0.3) is 0 Å². The Morgan fingerprint density at radius 1 is 1.11 bits per heavy atom. The van der Waals surface area contributed by atoms with Crippen LogP contribution in [0.1, 0.15) is 36.8 Å². The van der Waals surface area contributed by atoms with Gasteiger partial charge in [-0.15, -0.1) is 0 Å². The zero-order valence-corrected chi connectivity index (χ0v) is 16.5. The van der Waals surface area contributed by atoms with Crippen LogP contribution in [0.5, 0.6) is 11.5 Å². The Kier molecular flexibility index (Phi) is 3.91. The van der Waals surface area contributed by atoms with Crippen LogP contribution in [0.2, 0.25) is 0 Å². The summed E-state index contributed by atoms with van der Waals surface area (Å²) in [7, 11) is 0. The number of hydrogen-bond donors (Lipinski definition) is 0. The van der Waals surface area contributed by atoms with Crippen molar-refractivity contribution in [3.63, 3.8) is 0 Å². The minimum atomic E-state index is 0.344. The van der Waals surface area contributed by atoms with Gasteiger partial charge in [-0.3, -0.25) is 14.5 Å². The SMILES string of the molecule is CCn1cc(CN2C[C@H](c3ccc4c(c3)OCO4)[C@H]3[C@@H]2C2CCN3CC2)cn1. The van der Waals surface area contributed by atoms with E-state index in [1.165, 1.54) is 37.1 Å². The van der Waals surface area contributed by atoms with Crippen LogP contribution < -0.4 is 9.47 Å². The van der Waals surface area contributed by atoms with Gasteiger partial charge in [-0.2, -0.15) is 5.10 Å². The number of likely N-dealkylation sites (tertiary alicyclic amines) is 1. The molecule has 6 heteroatoms. The zero-order valence-electron chi connectivity index (χ0n) is 16.5. The normalized spacial score (nSPS) is 33.4. The molecular formula is C22H28N4O2. The first-order chi connectivity index (χ1) is 13.8. The van der Waals surface area contributed by atoms with Gasteiger partial charge in [0.2, 0.25) is 6.79 Å². The van der Waals surface area contributed by atoms with Crippen LogP contribution in [-0.2, 0) is 13.1 Å². The number of aryl methyl sites for hydroxylation is 1. The van der Waals surface area contributed by atoms with E-state index < -0.39 is 0 Å². The summed E-state index contributed by atoms with van der Waals surface area (Å²) in [6.07, 6.45) is 6.96. The van der Waals surface area contributed by atoms with Crippen molar-refractivity contribution >= 4 is 0 Å². The molecule has 2 bridgehead atoms. The van der Waals surface area contributed by atoms with Crippen LogP contribution in [0.25, 0.3) is 0 Å². The molecule has 0 aliphatic carbocycles. The van der Waals surface area contributed by atoms with E-state index in [9.17, 15) is 0 Å². The molecular weight excluding hydrogens is 352 g/mol. The van der Waals surface area contributed by atoms with Crippen LogP contribution in [0.4, 0.5) is 0 Å². The van der Waals surface area contributed by atoms with Gasteiger partial charge in [-0.05, 0) is 56.5 Å². The number of ether oxygens (including phenoxy) is 2. The maximum absolute atomic E-state index is 5.67. The molecule has 4 saturated heterocycles. The van der Waals surface area contributed by atoms with Crippen LogP contribution in [0, 0.1) is 5.92 Å². The lowest BCUT2D eigenvalue weighted by atomic mass is 9.75. The molecule has 6 heterocycles. The van der Waals surface area contributed by atoms with E-state index in [1.54, 1.807) is 0 Å². The topological polar surface area (TPSA) is 42.8 Å². The monoisotopic (exact) mass is 380 g/mol. The third-order valence-electron chi connectivity index (χ3n) is 7.31. The van der Waals surface area contributed by atoms with Crippen LogP contribution >= 0.6 is 0 Å². The molecule has 0 saturated carbocycles. The fraction of sp³-hybridized carbons (Fsp3) is 0.591. The molecule has 0 unspecified atom stereocenters. The summed E-state index contributed by atoms with van der Waals surface area (Å²) in [5.74, 6) is 3.15. The number of aromatic nitrogens is 2. The van der Waals surface area contributed by atoms with Crippen LogP contribution in [0.15, 0.2) is 30.6 Å². The Morgan fingerprint density at radius 2 is 1.96 bits per heavy atom. The Bertz CT molecular complexity index is 873. The van der Waals surface area contributed by atoms with Crippen molar-refractivity contribution in [1.82, 2.24) is 19.6 Å². The predicted molar refractivity (Wildman–Crippen MR) is 105 cm³/mol. The predicted octanol–water partition coefficient (Wildman–Crippen LogP) is 2.69. The molecule has 1 aromatic carbocycles. The van der Waals surface area contributed by atoms with Crippen LogP contribution in [-0.4, -0.2) is 58.1 Å². The maximum Gasteiger partial charge on any atom is 0.231 e. The van der Waals surface area contributed by atoms with Crippen molar-refractivity contribution in [3.8, 4) is 11.5 Å². The van der Waals surface area contributed by atoms with E-state index in [-0.39, 0.29) is 0 Å². The quantitative estimate of drug-likeness (QED) is 0.816. The molecule has 7 rings (SSSR count). The van der Waals surface area contributed by atoms with Crippen molar-refractivity contribution in [2.45, 2.75) is 50.9 Å². The number of hydrogen-bond acceptors (Lipinski definition) is 5. The van der Waals surface area contributed by atoms with Gasteiger partial charge in [0.05, 0.1) is 6.20 Å². The molecule has 4 fully saturated rings. The van der Waals surface area contributed by atoms with E-state index in [2.05, 4.69) is 46.2 Å². The Labute approximate surface area is 166 Å². The van der Waals surface area contributed by atoms with E-state index in [1.807, 2.05) is 10.9 Å². The first kappa shape index (κ1) is 16.9. The third kappa shape index (κ3) is 2.58. The Hall–Kier alpha value is -2.05. The number of fused-ring (bicyclic) bond motifs is 3. The van der Waals surface area contributed by atoms with Crippen molar-refractivity contribution in [2.24, 2.45) is 5.92 Å². The third-order valence-corrected chi connectivity index (χ3v) is 7.31. The Balaban J connectivity index is 1.33. The zero-order chi connectivity index (χ0) is 18.7. The summed E-state index contributed by atoms with van der Waals surface area (Å²) in [6.45, 7) is 8.06. The van der Waals surface area contributed by atoms with Gasteiger partial charge >= 0.3 is 0 Å². The highest BCUT2D eigenvalue weighted by Gasteiger charge is 2.53. The lowest BCUT2D eigenvalue weighted by molar-refractivity contribution is -0.00870. The molecule has 0 spiro atoms. The molecule has 6 nitrogen and oxygen atoms in total. The second-order valence-electron chi connectivity index (χ2n) is 8.71. The molecule has 28 heavy (non-hydrogen) atoms. The first-order valence-corrected chi connectivity index (χ1v) is 10.7. The number of piperidine rings is 3. The largest absolute Gasteiger partial charge is 0.454 e. The van der Waals surface area contributed by atoms with E-state index >= 15 is 0 Å². The molecule has 0 radical (unpaired) electrons. The average molecular weight is 380 g/mol. The van der Waals surface area contributed by atoms with Gasteiger partial charge in [0.15, 0.2) is 11.5 Å². The smallest absolute Gasteiger partial charge is 0.231 e. The second kappa shape index (κ2) is 6.49. The first-order valence-electron chi connectivity index (χ1n) is 10.7. The average Bonchev–Trinajstić information content (AvgIpc) is 3.47. The van der Waals surface area contributed by atoms with Gasteiger partial charge < -0.3 is 9.47 Å². The molecule has 5 aliphatic rings. The van der Waals surface area contributed by atoms with E-state index in [0.29, 0.717) is 24.8 Å². The van der Waals surface area contributed by atoms with Gasteiger partial charge in [0.1, 0.15) is 0 Å². The number of nitrogens with zero attached hydrogens (tertiary/aromatic N) is 4. The summed E-state index contributed by atoms with van der Waals surface area (Å²) in [4.78, 5) is 5.50. The Morgan fingerprint density at radius 3 is 2.79 bits per heavy atom. The summed E-state index contributed by atoms with van der Waals surface area (Å²) in [5, 5.41) is 4.49. The van der Waals surface area contributed by atoms with Crippen molar-refractivity contribution in [1.29, 1.82) is 0 Å². The van der Waals surface area contributed by atoms with Crippen molar-refractivity contribution in [2.75, 3.05) is 26.4 Å². The van der Waals surface area contributed by atoms with Gasteiger partial charge in [0, 0.05) is 49.4 Å². The summed E-state index contributed by atoms with van der Waals surface area (Å²) >= 11 is 0. The fourth-order valence-electron chi connectivity index (χ4n) is 6.05. The number of benzene rings is 1. The molecule has 5 aliphatic heterocycles. The molecule has 0 amide bonds. The lowest BCUT2D eigenvalue weighted by Gasteiger charge is -2.51. The molecule has 0 N–H and O–H groups in total. The highest BCUT2D eigenvalue weighted by molar-refractivity contribution is 5.46. The minimum absolute atomic E-state index is 0.344. The molecule has 1 aromatic heterocycles. The minimum Gasteiger partial charge on any atom is -0.454 e. The fourth-order valence-corrected chi connectivity index (χ4v) is 6.05. The van der Waals surface area contributed by atoms with Crippen molar-refractivity contribution in [3.05, 3.63) is 41.7 Å². The van der Waals surface area contributed by atoms with E-state index in [0.717, 1.165) is 37.1 Å². The molecule has 148 valence electrons. The van der Waals surface area contributed by atoms with Crippen LogP contribution in [0.3, 0.4) is 0 Å².